The Balaban J connectivity index is 2.38. The minimum atomic E-state index is -0.298. The van der Waals surface area contributed by atoms with Crippen molar-refractivity contribution in [1.29, 1.82) is 0 Å². The summed E-state index contributed by atoms with van der Waals surface area (Å²) in [6.45, 7) is 3.58. The molecule has 1 N–H and O–H groups in total. The third-order valence-electron chi connectivity index (χ3n) is 3.02. The van der Waals surface area contributed by atoms with E-state index in [9.17, 15) is 9.90 Å². The average Bonchev–Trinajstić information content (AvgIpc) is 2.52. The molecular formula is C16H13Br2IO4. The Morgan fingerprint density at radius 3 is 2.61 bits per heavy atom. The summed E-state index contributed by atoms with van der Waals surface area (Å²) in [6, 6.07) is 6.68. The van der Waals surface area contributed by atoms with Crippen molar-refractivity contribution < 1.29 is 19.4 Å². The fourth-order valence-corrected chi connectivity index (χ4v) is 3.47. The summed E-state index contributed by atoms with van der Waals surface area (Å²) in [7, 11) is 0. The van der Waals surface area contributed by atoms with Gasteiger partial charge in [0.05, 0.1) is 12.5 Å². The average molecular weight is 556 g/mol. The van der Waals surface area contributed by atoms with E-state index in [-0.39, 0.29) is 11.7 Å². The van der Waals surface area contributed by atoms with Crippen LogP contribution in [-0.4, -0.2) is 11.1 Å². The lowest BCUT2D eigenvalue weighted by Gasteiger charge is -2.15. The van der Waals surface area contributed by atoms with Crippen molar-refractivity contribution in [1.82, 2.24) is 0 Å². The zero-order chi connectivity index (χ0) is 17.1. The zero-order valence-corrected chi connectivity index (χ0v) is 17.7. The number of carbonyl (C=O) groups excluding carboxylic acids is 1. The van der Waals surface area contributed by atoms with Crippen molar-refractivity contribution in [2.45, 2.75) is 20.3 Å². The van der Waals surface area contributed by atoms with Gasteiger partial charge in [-0.15, -0.1) is 0 Å². The Kier molecular flexibility index (Phi) is 6.33. The molecule has 0 aliphatic heterocycles. The predicted octanol–water partition coefficient (Wildman–Crippen LogP) is 5.94. The number of carbonyl (C=O) groups is 1. The highest BCUT2D eigenvalue weighted by molar-refractivity contribution is 14.1. The normalized spacial score (nSPS) is 10.5. The van der Waals surface area contributed by atoms with E-state index in [2.05, 4.69) is 31.9 Å². The summed E-state index contributed by atoms with van der Waals surface area (Å²) in [5, 5.41) is 9.58. The van der Waals surface area contributed by atoms with Crippen molar-refractivity contribution in [2.24, 2.45) is 0 Å². The molecule has 2 rings (SSSR count). The smallest absolute Gasteiger partial charge is 0.310 e. The first kappa shape index (κ1) is 18.5. The number of phenols is 1. The lowest BCUT2D eigenvalue weighted by Crippen LogP contribution is -2.07. The molecule has 0 radical (unpaired) electrons. The molecule has 0 fully saturated rings. The summed E-state index contributed by atoms with van der Waals surface area (Å²) >= 11 is 8.95. The van der Waals surface area contributed by atoms with Crippen LogP contribution in [0.4, 0.5) is 0 Å². The summed E-state index contributed by atoms with van der Waals surface area (Å²) in [6.07, 6.45) is 0.304. The van der Waals surface area contributed by atoms with Gasteiger partial charge in [-0.25, -0.2) is 0 Å². The molecule has 0 aliphatic carbocycles. The van der Waals surface area contributed by atoms with Crippen LogP contribution in [0.3, 0.4) is 0 Å². The summed E-state index contributed by atoms with van der Waals surface area (Å²) < 4.78 is 13.2. The van der Waals surface area contributed by atoms with E-state index < -0.39 is 0 Å². The molecule has 4 nitrogen and oxygen atoms in total. The zero-order valence-electron chi connectivity index (χ0n) is 12.3. The fourth-order valence-electron chi connectivity index (χ4n) is 1.74. The lowest BCUT2D eigenvalue weighted by atomic mass is 10.2. The predicted molar refractivity (Wildman–Crippen MR) is 103 cm³/mol. The summed E-state index contributed by atoms with van der Waals surface area (Å²) in [4.78, 5) is 11.5. The van der Waals surface area contributed by atoms with Crippen LogP contribution in [0.5, 0.6) is 23.0 Å². The SMILES string of the molecule is CCC(=O)Oc1cc(Br)c(Oc2ccc(O)c(I)c2)c(Br)c1C. The van der Waals surface area contributed by atoms with Gasteiger partial charge < -0.3 is 14.6 Å². The van der Waals surface area contributed by atoms with Crippen molar-refractivity contribution in [3.63, 3.8) is 0 Å². The molecule has 0 heterocycles. The Hall–Kier alpha value is -0.800. The molecule has 2 aromatic rings. The number of rotatable bonds is 4. The Morgan fingerprint density at radius 2 is 2.00 bits per heavy atom. The van der Waals surface area contributed by atoms with Crippen molar-refractivity contribution in [3.8, 4) is 23.0 Å². The van der Waals surface area contributed by atoms with Gasteiger partial charge in [0, 0.05) is 12.0 Å². The van der Waals surface area contributed by atoms with E-state index in [0.717, 1.165) is 5.56 Å². The number of esters is 1. The van der Waals surface area contributed by atoms with Crippen LogP contribution in [0.1, 0.15) is 18.9 Å². The third kappa shape index (κ3) is 4.39. The highest BCUT2D eigenvalue weighted by Gasteiger charge is 2.17. The molecule has 7 heteroatoms. The van der Waals surface area contributed by atoms with Crippen LogP contribution in [0.2, 0.25) is 0 Å². The number of hydrogen-bond donors (Lipinski definition) is 1. The molecule has 0 saturated heterocycles. The van der Waals surface area contributed by atoms with E-state index in [1.165, 1.54) is 0 Å². The maximum atomic E-state index is 11.5. The molecule has 0 atom stereocenters. The molecule has 0 saturated carbocycles. The van der Waals surface area contributed by atoms with Gasteiger partial charge in [-0.3, -0.25) is 4.79 Å². The molecule has 0 unspecified atom stereocenters. The molecule has 2 aromatic carbocycles. The van der Waals surface area contributed by atoms with Gasteiger partial charge in [-0.1, -0.05) is 6.92 Å². The maximum Gasteiger partial charge on any atom is 0.310 e. The fraction of sp³-hybridized carbons (Fsp3) is 0.188. The van der Waals surface area contributed by atoms with E-state index in [1.807, 2.05) is 29.5 Å². The minimum Gasteiger partial charge on any atom is -0.507 e. The monoisotopic (exact) mass is 554 g/mol. The third-order valence-corrected chi connectivity index (χ3v) is 5.43. The largest absolute Gasteiger partial charge is 0.507 e. The molecule has 0 amide bonds. The van der Waals surface area contributed by atoms with E-state index >= 15 is 0 Å². The van der Waals surface area contributed by atoms with Gasteiger partial charge >= 0.3 is 5.97 Å². The van der Waals surface area contributed by atoms with Crippen LogP contribution in [0, 0.1) is 10.5 Å². The summed E-state index contributed by atoms with van der Waals surface area (Å²) in [5.41, 5.74) is 0.762. The lowest BCUT2D eigenvalue weighted by molar-refractivity contribution is -0.134. The number of benzene rings is 2. The van der Waals surface area contributed by atoms with Crippen LogP contribution >= 0.6 is 54.5 Å². The highest BCUT2D eigenvalue weighted by Crippen LogP contribution is 2.43. The number of aromatic hydroxyl groups is 1. The van der Waals surface area contributed by atoms with E-state index in [1.54, 1.807) is 31.2 Å². The first-order chi connectivity index (χ1) is 10.8. The number of ether oxygens (including phenoxy) is 2. The maximum absolute atomic E-state index is 11.5. The molecule has 0 aliphatic rings. The van der Waals surface area contributed by atoms with E-state index in [0.29, 0.717) is 36.2 Å². The minimum absolute atomic E-state index is 0.203. The van der Waals surface area contributed by atoms with Gasteiger partial charge in [0.15, 0.2) is 5.75 Å². The van der Waals surface area contributed by atoms with Gasteiger partial charge in [0.1, 0.15) is 17.2 Å². The highest BCUT2D eigenvalue weighted by atomic mass is 127. The second-order valence-corrected chi connectivity index (χ2v) is 7.48. The molecule has 0 aromatic heterocycles. The second kappa shape index (κ2) is 7.85. The second-order valence-electron chi connectivity index (χ2n) is 4.67. The first-order valence-corrected chi connectivity index (χ1v) is 9.35. The van der Waals surface area contributed by atoms with Gasteiger partial charge in [0.25, 0.3) is 0 Å². The van der Waals surface area contributed by atoms with Crippen LogP contribution in [-0.2, 0) is 4.79 Å². The van der Waals surface area contributed by atoms with Crippen molar-refractivity contribution >= 4 is 60.4 Å². The van der Waals surface area contributed by atoms with Gasteiger partial charge in [-0.05, 0) is 85.6 Å². The molecular weight excluding hydrogens is 543 g/mol. The van der Waals surface area contributed by atoms with Crippen LogP contribution < -0.4 is 9.47 Å². The molecule has 0 bridgehead atoms. The molecule has 122 valence electrons. The number of halogens is 3. The van der Waals surface area contributed by atoms with Crippen LogP contribution in [0.15, 0.2) is 33.2 Å². The summed E-state index contributed by atoms with van der Waals surface area (Å²) in [5.74, 6) is 1.54. The number of hydrogen-bond acceptors (Lipinski definition) is 4. The van der Waals surface area contributed by atoms with Crippen molar-refractivity contribution in [3.05, 3.63) is 42.3 Å². The molecule has 23 heavy (non-hydrogen) atoms. The number of phenolic OH excluding ortho intramolecular Hbond substituents is 1. The van der Waals surface area contributed by atoms with Gasteiger partial charge in [0.2, 0.25) is 0 Å². The Morgan fingerprint density at radius 1 is 1.30 bits per heavy atom. The molecule has 0 spiro atoms. The first-order valence-electron chi connectivity index (χ1n) is 6.69. The Bertz CT molecular complexity index is 762. The standard InChI is InChI=1S/C16H13Br2IO4/c1-3-14(21)23-13-7-10(17)16(15(18)8(13)2)22-9-4-5-12(20)11(19)6-9/h4-7,20H,3H2,1-2H3. The quantitative estimate of drug-likeness (QED) is 0.288. The Labute approximate surface area is 164 Å². The van der Waals surface area contributed by atoms with Gasteiger partial charge in [-0.2, -0.15) is 0 Å². The topological polar surface area (TPSA) is 55.8 Å². The van der Waals surface area contributed by atoms with Crippen LogP contribution in [0.25, 0.3) is 0 Å². The van der Waals surface area contributed by atoms with Crippen molar-refractivity contribution in [2.75, 3.05) is 0 Å². The van der Waals surface area contributed by atoms with E-state index in [4.69, 9.17) is 9.47 Å².